The fourth-order valence-electron chi connectivity index (χ4n) is 3.13. The van der Waals surface area contributed by atoms with E-state index in [1.807, 2.05) is 11.3 Å². The van der Waals surface area contributed by atoms with Crippen molar-refractivity contribution in [3.8, 4) is 0 Å². The smallest absolute Gasteiger partial charge is 0.0730 e. The third kappa shape index (κ3) is 3.85. The molecule has 1 fully saturated rings. The van der Waals surface area contributed by atoms with Gasteiger partial charge in [-0.2, -0.15) is 0 Å². The average Bonchev–Trinajstić information content (AvgIpc) is 2.68. The molecule has 1 aliphatic rings. The van der Waals surface area contributed by atoms with Crippen LogP contribution in [0.25, 0.3) is 0 Å². The maximum atomic E-state index is 3.95. The van der Waals surface area contributed by atoms with Gasteiger partial charge in [-0.3, -0.25) is 0 Å². The molecule has 19 heavy (non-hydrogen) atoms. The monoisotopic (exact) mass is 406 g/mol. The van der Waals surface area contributed by atoms with Crippen LogP contribution < -0.4 is 0 Å². The molecule has 1 atom stereocenters. The summed E-state index contributed by atoms with van der Waals surface area (Å²) in [5.41, 5.74) is 1.85. The summed E-state index contributed by atoms with van der Waals surface area (Å²) in [6.45, 7) is 9.36. The van der Waals surface area contributed by atoms with Crippen LogP contribution in [0.4, 0.5) is 0 Å². The molecule has 1 aromatic rings. The molecule has 1 aliphatic carbocycles. The van der Waals surface area contributed by atoms with Gasteiger partial charge in [-0.1, -0.05) is 36.7 Å². The Bertz CT molecular complexity index is 403. The summed E-state index contributed by atoms with van der Waals surface area (Å²) in [6.07, 6.45) is 5.52. The SMILES string of the molecule is Cc1cc(C(Br)C2CCC(C(C)(C)C)CC2)sc1Br. The topological polar surface area (TPSA) is 0 Å². The van der Waals surface area contributed by atoms with Gasteiger partial charge >= 0.3 is 0 Å². The van der Waals surface area contributed by atoms with E-state index in [0.29, 0.717) is 10.2 Å². The van der Waals surface area contributed by atoms with Gasteiger partial charge in [0.15, 0.2) is 0 Å². The molecule has 0 nitrogen and oxygen atoms in total. The lowest BCUT2D eigenvalue weighted by molar-refractivity contribution is 0.150. The van der Waals surface area contributed by atoms with Gasteiger partial charge in [0.05, 0.1) is 8.61 Å². The molecule has 0 amide bonds. The molecule has 0 aliphatic heterocycles. The predicted molar refractivity (Wildman–Crippen MR) is 93.3 cm³/mol. The fraction of sp³-hybridized carbons (Fsp3) is 0.750. The highest BCUT2D eigenvalue weighted by atomic mass is 79.9. The highest BCUT2D eigenvalue weighted by Gasteiger charge is 2.33. The Hall–Kier alpha value is 0.660. The Morgan fingerprint density at radius 3 is 2.21 bits per heavy atom. The Balaban J connectivity index is 1.98. The van der Waals surface area contributed by atoms with E-state index in [-0.39, 0.29) is 0 Å². The molecule has 1 heterocycles. The van der Waals surface area contributed by atoms with Gasteiger partial charge in [0.2, 0.25) is 0 Å². The van der Waals surface area contributed by atoms with Crippen molar-refractivity contribution in [3.05, 3.63) is 20.3 Å². The number of aryl methyl sites for hydroxylation is 1. The third-order valence-corrected chi connectivity index (χ3v) is 8.32. The molecule has 0 radical (unpaired) electrons. The van der Waals surface area contributed by atoms with Crippen molar-refractivity contribution in [2.24, 2.45) is 17.3 Å². The van der Waals surface area contributed by atoms with Crippen molar-refractivity contribution in [3.63, 3.8) is 0 Å². The van der Waals surface area contributed by atoms with Crippen molar-refractivity contribution in [1.29, 1.82) is 0 Å². The Labute approximate surface area is 138 Å². The zero-order valence-electron chi connectivity index (χ0n) is 12.3. The van der Waals surface area contributed by atoms with Gasteiger partial charge in [-0.05, 0) is 77.4 Å². The highest BCUT2D eigenvalue weighted by molar-refractivity contribution is 9.11. The third-order valence-electron chi connectivity index (χ3n) is 4.56. The predicted octanol–water partition coefficient (Wildman–Crippen LogP) is 7.11. The van der Waals surface area contributed by atoms with Gasteiger partial charge < -0.3 is 0 Å². The van der Waals surface area contributed by atoms with Crippen LogP contribution in [0, 0.1) is 24.2 Å². The van der Waals surface area contributed by atoms with Crippen LogP contribution in [0.5, 0.6) is 0 Å². The fourth-order valence-corrected chi connectivity index (χ4v) is 5.71. The second-order valence-electron chi connectivity index (χ2n) is 6.98. The molecule has 108 valence electrons. The molecule has 0 spiro atoms. The molecule has 1 saturated carbocycles. The van der Waals surface area contributed by atoms with Crippen LogP contribution in [-0.4, -0.2) is 0 Å². The summed E-state index contributed by atoms with van der Waals surface area (Å²) in [5.74, 6) is 1.71. The van der Waals surface area contributed by atoms with Crippen LogP contribution in [0.1, 0.15) is 61.7 Å². The first-order valence-corrected chi connectivity index (χ1v) is 9.71. The maximum absolute atomic E-state index is 3.95. The van der Waals surface area contributed by atoms with Gasteiger partial charge in [-0.25, -0.2) is 0 Å². The quantitative estimate of drug-likeness (QED) is 0.458. The van der Waals surface area contributed by atoms with E-state index in [9.17, 15) is 0 Å². The largest absolute Gasteiger partial charge is 0.132 e. The van der Waals surface area contributed by atoms with E-state index in [2.05, 4.69) is 65.6 Å². The lowest BCUT2D eigenvalue weighted by Gasteiger charge is -2.38. The van der Waals surface area contributed by atoms with E-state index in [1.54, 1.807) is 0 Å². The molecule has 1 unspecified atom stereocenters. The second kappa shape index (κ2) is 6.19. The number of halogens is 2. The first-order chi connectivity index (χ1) is 8.79. The summed E-state index contributed by atoms with van der Waals surface area (Å²) in [4.78, 5) is 2.03. The van der Waals surface area contributed by atoms with Gasteiger partial charge in [-0.15, -0.1) is 11.3 Å². The summed E-state index contributed by atoms with van der Waals surface area (Å²) in [5, 5.41) is 0. The Morgan fingerprint density at radius 2 is 1.79 bits per heavy atom. The average molecular weight is 408 g/mol. The normalized spacial score (nSPS) is 26.4. The second-order valence-corrected chi connectivity index (χ2v) is 10.4. The number of thiophene rings is 1. The number of alkyl halides is 1. The van der Waals surface area contributed by atoms with Gasteiger partial charge in [0, 0.05) is 4.88 Å². The summed E-state index contributed by atoms with van der Waals surface area (Å²) >= 11 is 9.49. The van der Waals surface area contributed by atoms with Crippen molar-refractivity contribution in [2.45, 2.75) is 58.2 Å². The first kappa shape index (κ1) is 16.0. The number of rotatable bonds is 2. The Kier molecular flexibility index (Phi) is 5.23. The van der Waals surface area contributed by atoms with Crippen LogP contribution >= 0.6 is 43.2 Å². The molecule has 0 bridgehead atoms. The molecular formula is C16H24Br2S. The minimum Gasteiger partial charge on any atom is -0.132 e. The van der Waals surface area contributed by atoms with Crippen molar-refractivity contribution in [1.82, 2.24) is 0 Å². The van der Waals surface area contributed by atoms with E-state index in [4.69, 9.17) is 0 Å². The van der Waals surface area contributed by atoms with Crippen LogP contribution in [0.2, 0.25) is 0 Å². The molecule has 0 aromatic carbocycles. The lowest BCUT2D eigenvalue weighted by atomic mass is 9.69. The zero-order valence-corrected chi connectivity index (χ0v) is 16.3. The van der Waals surface area contributed by atoms with E-state index >= 15 is 0 Å². The van der Waals surface area contributed by atoms with Crippen LogP contribution in [-0.2, 0) is 0 Å². The van der Waals surface area contributed by atoms with E-state index in [0.717, 1.165) is 11.8 Å². The van der Waals surface area contributed by atoms with Crippen LogP contribution in [0.15, 0.2) is 9.85 Å². The van der Waals surface area contributed by atoms with Crippen molar-refractivity contribution < 1.29 is 0 Å². The Morgan fingerprint density at radius 1 is 1.21 bits per heavy atom. The first-order valence-electron chi connectivity index (χ1n) is 7.19. The van der Waals surface area contributed by atoms with E-state index < -0.39 is 0 Å². The number of hydrogen-bond donors (Lipinski definition) is 0. The maximum Gasteiger partial charge on any atom is 0.0730 e. The molecule has 1 aromatic heterocycles. The van der Waals surface area contributed by atoms with Gasteiger partial charge in [0.1, 0.15) is 0 Å². The van der Waals surface area contributed by atoms with Gasteiger partial charge in [0.25, 0.3) is 0 Å². The highest BCUT2D eigenvalue weighted by Crippen LogP contribution is 2.48. The summed E-state index contributed by atoms with van der Waals surface area (Å²) in [6, 6.07) is 2.34. The lowest BCUT2D eigenvalue weighted by Crippen LogP contribution is -2.26. The molecule has 2 rings (SSSR count). The standard InChI is InChI=1S/C16H24Br2S/c1-10-9-13(19-15(10)18)14(17)11-5-7-12(8-6-11)16(2,3)4/h9,11-12,14H,5-8H2,1-4H3. The number of hydrogen-bond acceptors (Lipinski definition) is 1. The van der Waals surface area contributed by atoms with Crippen LogP contribution in [0.3, 0.4) is 0 Å². The van der Waals surface area contributed by atoms with Crippen molar-refractivity contribution in [2.75, 3.05) is 0 Å². The minimum atomic E-state index is 0.481. The zero-order chi connectivity index (χ0) is 14.2. The summed E-state index contributed by atoms with van der Waals surface area (Å²) < 4.78 is 1.29. The van der Waals surface area contributed by atoms with Crippen molar-refractivity contribution >= 4 is 43.2 Å². The van der Waals surface area contributed by atoms with E-state index in [1.165, 1.54) is 39.9 Å². The minimum absolute atomic E-state index is 0.481. The molecule has 0 saturated heterocycles. The molecular weight excluding hydrogens is 384 g/mol. The molecule has 3 heteroatoms. The molecule has 0 N–H and O–H groups in total. The summed E-state index contributed by atoms with van der Waals surface area (Å²) in [7, 11) is 0.